The van der Waals surface area contributed by atoms with Gasteiger partial charge >= 0.3 is 30.2 Å². The van der Waals surface area contributed by atoms with Crippen molar-refractivity contribution in [1.82, 2.24) is 30.1 Å². The number of rotatable bonds is 22. The maximum Gasteiger partial charge on any atom is 0.408 e. The number of hydrogen-bond acceptors (Lipinski definition) is 19. The third kappa shape index (κ3) is 44.1. The van der Waals surface area contributed by atoms with Gasteiger partial charge in [-0.2, -0.15) is 4.42 Å². The molecule has 3 fully saturated rings. The van der Waals surface area contributed by atoms with Crippen LogP contribution < -0.4 is 35.6 Å². The standard InChI is InChI=1S/C22H17ClFNO3.C17H24FNO5.C13H18FNO3.C12H8ClIO.C10H10FNO2.C8H7F.C5H6Cl2N2O2.C4H7BrO2.C4H11N/c23-16-4-8-19(9-5-16)28-20-10-6-18(7-11-20)25-21(13-27-14-22(25)26)15-2-1-3-17(24)12-15;1-5-23-15(20)11-22-10-14(12-7-6-8-13(18)9-12)19-16(21)24-17(2,3)4;1-13(2,3)18-12(17)15-11(8-16)9-5-4-6-10(14)7-9;13-9-1-5-11(6-2-9)15-12-7-3-10(14)4-8-12;11-8-3-1-2-7(4-8)9-5-14-6-10(13)12-9;1-2-7-4-3-5-8(9)6-7;1-5(2)3(10)8(6)4(11)9(5)7;1-2-7-4(6)3-5;1-3-4-5-2/h1-12,21H,13-14H2;6-9,14H,5,10-11H2,1-4H3,(H,19,21);4-7,11,16H,8H2,1-3H3,(H,15,17);1-8H;1-4,9H,5-6H2,(H,12,13);2-6H,1H2;1-2H3;2-3H2,1H3;5H,3-4H2,1-2H3/t21-;14-;11-;;9-;;;;/m111.1..../s1. The number of halogens is 11. The van der Waals surface area contributed by atoms with E-state index in [1.54, 1.807) is 163 Å². The number of benzene rings is 9. The van der Waals surface area contributed by atoms with Crippen molar-refractivity contribution in [2.45, 2.75) is 123 Å². The largest absolute Gasteiger partial charge is 0.465 e. The van der Waals surface area contributed by atoms with E-state index in [1.807, 2.05) is 55.6 Å². The number of aliphatic hydroxyl groups is 1. The molecule has 131 heavy (non-hydrogen) atoms. The molecular weight excluding hydrogens is 1970 g/mol. The number of esters is 2. The number of anilines is 1. The average Bonchev–Trinajstić information content (AvgIpc) is 1.70. The topological polar surface area (TPSA) is 298 Å². The number of hydrogen-bond donors (Lipinski definition) is 5. The summed E-state index contributed by atoms with van der Waals surface area (Å²) in [4.78, 5) is 92.1. The van der Waals surface area contributed by atoms with Gasteiger partial charge in [0.05, 0.1) is 63.8 Å². The van der Waals surface area contributed by atoms with Crippen LogP contribution in [0.2, 0.25) is 10.0 Å². The summed E-state index contributed by atoms with van der Waals surface area (Å²) in [6, 6.07) is 56.9. The maximum atomic E-state index is 13.7. The average molecular weight is 2080 g/mol. The number of aliphatic hydroxyl groups excluding tert-OH is 1. The van der Waals surface area contributed by atoms with Crippen molar-refractivity contribution in [2.75, 3.05) is 83.3 Å². The van der Waals surface area contributed by atoms with Gasteiger partial charge in [-0.05, 0) is 297 Å². The second-order valence-electron chi connectivity index (χ2n) is 30.1. The second-order valence-corrected chi connectivity index (χ2v) is 33.5. The maximum absolute atomic E-state index is 13.7. The van der Waals surface area contributed by atoms with Crippen molar-refractivity contribution in [3.05, 3.63) is 295 Å². The Bertz CT molecular complexity index is 5010. The molecule has 3 saturated heterocycles. The number of imide groups is 1. The summed E-state index contributed by atoms with van der Waals surface area (Å²) in [6.07, 6.45) is 1.54. The molecule has 7 amide bonds. The van der Waals surface area contributed by atoms with Gasteiger partial charge in [0, 0.05) is 42.9 Å². The van der Waals surface area contributed by atoms with E-state index in [9.17, 15) is 65.4 Å². The predicted octanol–water partition coefficient (Wildman–Crippen LogP) is 21.8. The normalized spacial score (nSPS) is 14.5. The molecule has 3 aliphatic rings. The molecular formula is C95H108BrCl4F5IN7O18. The summed E-state index contributed by atoms with van der Waals surface area (Å²) in [5.41, 5.74) is 1.61. The Labute approximate surface area is 802 Å². The molecule has 0 spiro atoms. The molecule has 9 aromatic carbocycles. The number of carbonyl (C=O) groups excluding carboxylic acids is 8. The van der Waals surface area contributed by atoms with Crippen LogP contribution in [0, 0.1) is 32.7 Å². The molecule has 0 saturated carbocycles. The van der Waals surface area contributed by atoms with Crippen molar-refractivity contribution in [1.29, 1.82) is 0 Å². The predicted molar refractivity (Wildman–Crippen MR) is 507 cm³/mol. The number of ether oxygens (including phenoxy) is 9. The van der Waals surface area contributed by atoms with E-state index in [0.29, 0.717) is 73.5 Å². The van der Waals surface area contributed by atoms with E-state index in [1.165, 1.54) is 96.6 Å². The van der Waals surface area contributed by atoms with Crippen LogP contribution in [0.1, 0.15) is 135 Å². The Hall–Kier alpha value is -10.5. The second kappa shape index (κ2) is 59.1. The van der Waals surface area contributed by atoms with Gasteiger partial charge in [0.25, 0.3) is 11.8 Å². The van der Waals surface area contributed by atoms with Crippen LogP contribution in [0.3, 0.4) is 0 Å². The number of urea groups is 1. The zero-order valence-corrected chi connectivity index (χ0v) is 81.0. The summed E-state index contributed by atoms with van der Waals surface area (Å²) < 4.78 is 114. The fourth-order valence-corrected chi connectivity index (χ4v) is 12.1. The number of alkyl carbamates (subject to hydrolysis) is 2. The molecule has 36 heteroatoms. The number of carbonyl (C=O) groups is 8. The fraction of sp³-hybridized carbons (Fsp3) is 0.326. The number of alkyl halides is 1. The first kappa shape index (κ1) is 113. The summed E-state index contributed by atoms with van der Waals surface area (Å²) in [5.74, 6) is -0.362. The number of nitrogens with zero attached hydrogens (tertiary/aromatic N) is 3. The zero-order valence-electron chi connectivity index (χ0n) is 74.3. The van der Waals surface area contributed by atoms with Crippen LogP contribution in [-0.4, -0.2) is 157 Å². The van der Waals surface area contributed by atoms with E-state index >= 15 is 0 Å². The Kier molecular flexibility index (Phi) is 50.9. The van der Waals surface area contributed by atoms with E-state index in [-0.39, 0.29) is 87.0 Å². The molecule has 4 atom stereocenters. The van der Waals surface area contributed by atoms with Crippen molar-refractivity contribution >= 4 is 145 Å². The van der Waals surface area contributed by atoms with Crippen molar-refractivity contribution in [2.24, 2.45) is 0 Å². The van der Waals surface area contributed by atoms with Gasteiger partial charge in [-0.3, -0.25) is 19.2 Å². The van der Waals surface area contributed by atoms with Gasteiger partial charge in [0.1, 0.15) is 94.0 Å². The van der Waals surface area contributed by atoms with Crippen molar-refractivity contribution < 1.29 is 108 Å². The summed E-state index contributed by atoms with van der Waals surface area (Å²) in [7, 11) is 1.96. The molecule has 5 N–H and O–H groups in total. The lowest BCUT2D eigenvalue weighted by atomic mass is 10.0. The molecule has 3 aliphatic heterocycles. The van der Waals surface area contributed by atoms with Gasteiger partial charge in [0.2, 0.25) is 5.91 Å². The minimum Gasteiger partial charge on any atom is -0.465 e. The highest BCUT2D eigenvalue weighted by molar-refractivity contribution is 14.1. The molecule has 0 aliphatic carbocycles. The summed E-state index contributed by atoms with van der Waals surface area (Å²) in [6.45, 7) is 24.6. The molecule has 0 unspecified atom stereocenters. The Morgan fingerprint density at radius 1 is 0.603 bits per heavy atom. The highest BCUT2D eigenvalue weighted by Crippen LogP contribution is 2.35. The van der Waals surface area contributed by atoms with Gasteiger partial charge < -0.3 is 73.9 Å². The van der Waals surface area contributed by atoms with Crippen LogP contribution in [0.5, 0.6) is 23.0 Å². The quantitative estimate of drug-likeness (QED) is 0.00801. The van der Waals surface area contributed by atoms with Gasteiger partial charge in [-0.1, -0.05) is 119 Å². The van der Waals surface area contributed by atoms with Crippen LogP contribution in [-0.2, 0) is 57.1 Å². The van der Waals surface area contributed by atoms with E-state index in [0.717, 1.165) is 33.6 Å². The van der Waals surface area contributed by atoms with Gasteiger partial charge in [-0.15, -0.1) is 0 Å². The smallest absolute Gasteiger partial charge is 0.408 e. The van der Waals surface area contributed by atoms with Crippen LogP contribution >= 0.6 is 85.3 Å². The number of morpholine rings is 2. The lowest BCUT2D eigenvalue weighted by Crippen LogP contribution is -2.44. The lowest BCUT2D eigenvalue weighted by Gasteiger charge is -2.35. The summed E-state index contributed by atoms with van der Waals surface area (Å²) >= 11 is 27.6. The van der Waals surface area contributed by atoms with Gasteiger partial charge in [0.15, 0.2) is 0 Å². The molecule has 0 aromatic heterocycles. The molecule has 0 bridgehead atoms. The lowest BCUT2D eigenvalue weighted by molar-refractivity contribution is -0.148. The van der Waals surface area contributed by atoms with Gasteiger partial charge in [-0.25, -0.2) is 45.5 Å². The minimum atomic E-state index is -1.04. The molecule has 25 nitrogen and oxygen atoms in total. The van der Waals surface area contributed by atoms with E-state index < -0.39 is 70.6 Å². The first-order chi connectivity index (χ1) is 62.0. The molecule has 708 valence electrons. The first-order valence-corrected chi connectivity index (χ1v) is 44.3. The minimum absolute atomic E-state index is 0.00512. The Morgan fingerprint density at radius 3 is 1.43 bits per heavy atom. The van der Waals surface area contributed by atoms with Crippen LogP contribution in [0.15, 0.2) is 225 Å². The highest BCUT2D eigenvalue weighted by Gasteiger charge is 2.51. The van der Waals surface area contributed by atoms with Crippen molar-refractivity contribution in [3.63, 3.8) is 0 Å². The molecule has 9 aromatic rings. The monoisotopic (exact) mass is 2080 g/mol. The SMILES string of the molecule is C=Cc1cccc(F)c1.CC(C)(C)OC(=O)N[C@H](CO)c1cccc(F)c1.CC1(C)C(=O)N(Cl)C(=O)N1Cl.CCCNC.CCOC(=O)CBr.CCOC(=O)COC[C@@H](NC(=O)OC(C)(C)C)c1cccc(F)c1.Clc1ccc(Oc2ccc(I)cc2)cc1.O=C1COC[C@H](c2cccc(F)c2)N1.O=C1COC[C@H](c2cccc(F)c2)N1c1ccc(Oc2ccc(Cl)cc2)cc1. The van der Waals surface area contributed by atoms with E-state index in [4.69, 9.17) is 84.7 Å². The third-order valence-electron chi connectivity index (χ3n) is 16.8. The molecule has 0 radical (unpaired) electrons. The number of amides is 7. The van der Waals surface area contributed by atoms with Crippen molar-refractivity contribution in [3.8, 4) is 23.0 Å². The Morgan fingerprint density at radius 2 is 1.04 bits per heavy atom. The van der Waals surface area contributed by atoms with E-state index in [2.05, 4.69) is 78.0 Å². The summed E-state index contributed by atoms with van der Waals surface area (Å²) in [5, 5.41) is 21.7. The zero-order chi connectivity index (χ0) is 97.4. The number of nitrogens with one attached hydrogen (secondary N) is 4. The first-order valence-electron chi connectivity index (χ1n) is 40.6. The highest BCUT2D eigenvalue weighted by atomic mass is 127. The van der Waals surface area contributed by atoms with Crippen LogP contribution in [0.4, 0.5) is 42.0 Å². The molecule has 12 rings (SSSR count). The molecule has 3 heterocycles. The fourth-order valence-electron chi connectivity index (χ4n) is 10.8. The van der Waals surface area contributed by atoms with Crippen LogP contribution in [0.25, 0.3) is 6.08 Å². The Balaban J connectivity index is 0.000000321. The third-order valence-corrected chi connectivity index (χ3v) is 19.4.